The number of carbonyl (C=O) groups is 1. The lowest BCUT2D eigenvalue weighted by molar-refractivity contribution is -0.134. The SMILES string of the molecule is CCn1cnnc1C1CCCN(C(=O)[C@@H](N)C(C)C)C1. The fraction of sp³-hybridized carbons (Fsp3) is 0.786. The minimum atomic E-state index is -0.405. The molecule has 1 aromatic heterocycles. The second-order valence-corrected chi connectivity index (χ2v) is 5.87. The minimum Gasteiger partial charge on any atom is -0.341 e. The van der Waals surface area contributed by atoms with Crippen LogP contribution >= 0.6 is 0 Å². The molecule has 0 aromatic carbocycles. The third kappa shape index (κ3) is 3.00. The fourth-order valence-corrected chi connectivity index (χ4v) is 2.71. The van der Waals surface area contributed by atoms with Crippen LogP contribution in [0.3, 0.4) is 0 Å². The summed E-state index contributed by atoms with van der Waals surface area (Å²) in [5.41, 5.74) is 5.99. The van der Waals surface area contributed by atoms with E-state index in [0.717, 1.165) is 31.8 Å². The van der Waals surface area contributed by atoms with E-state index in [2.05, 4.69) is 21.7 Å². The molecule has 6 heteroatoms. The Morgan fingerprint density at radius 3 is 2.95 bits per heavy atom. The number of rotatable bonds is 4. The molecule has 1 aromatic rings. The normalized spacial score (nSPS) is 21.2. The number of amides is 1. The maximum absolute atomic E-state index is 12.4. The first-order chi connectivity index (χ1) is 9.54. The van der Waals surface area contributed by atoms with Crippen LogP contribution in [0.5, 0.6) is 0 Å². The van der Waals surface area contributed by atoms with Crippen molar-refractivity contribution in [2.75, 3.05) is 13.1 Å². The highest BCUT2D eigenvalue weighted by molar-refractivity contribution is 5.82. The van der Waals surface area contributed by atoms with E-state index in [0.29, 0.717) is 6.54 Å². The van der Waals surface area contributed by atoms with Gasteiger partial charge in [0.05, 0.1) is 6.04 Å². The highest BCUT2D eigenvalue weighted by Gasteiger charge is 2.30. The fourth-order valence-electron chi connectivity index (χ4n) is 2.71. The number of hydrogen-bond donors (Lipinski definition) is 1. The Kier molecular flexibility index (Phi) is 4.75. The summed E-state index contributed by atoms with van der Waals surface area (Å²) in [6.45, 7) is 8.41. The summed E-state index contributed by atoms with van der Waals surface area (Å²) in [5.74, 6) is 1.49. The third-order valence-corrected chi connectivity index (χ3v) is 4.09. The molecule has 20 heavy (non-hydrogen) atoms. The van der Waals surface area contributed by atoms with E-state index >= 15 is 0 Å². The number of nitrogens with two attached hydrogens (primary N) is 1. The first kappa shape index (κ1) is 15.0. The molecule has 0 saturated carbocycles. The zero-order chi connectivity index (χ0) is 14.7. The van der Waals surface area contributed by atoms with Crippen molar-refractivity contribution in [1.82, 2.24) is 19.7 Å². The van der Waals surface area contributed by atoms with Gasteiger partial charge in [0.2, 0.25) is 5.91 Å². The number of aryl methyl sites for hydroxylation is 1. The van der Waals surface area contributed by atoms with Crippen molar-refractivity contribution in [3.8, 4) is 0 Å². The van der Waals surface area contributed by atoms with Crippen molar-refractivity contribution >= 4 is 5.91 Å². The first-order valence-electron chi connectivity index (χ1n) is 7.46. The van der Waals surface area contributed by atoms with Crippen LogP contribution in [0.1, 0.15) is 45.4 Å². The maximum atomic E-state index is 12.4. The monoisotopic (exact) mass is 279 g/mol. The van der Waals surface area contributed by atoms with Gasteiger partial charge in [-0.3, -0.25) is 4.79 Å². The molecular formula is C14H25N5O. The molecule has 1 amide bonds. The number of aromatic nitrogens is 3. The summed E-state index contributed by atoms with van der Waals surface area (Å²) >= 11 is 0. The Morgan fingerprint density at radius 1 is 1.55 bits per heavy atom. The third-order valence-electron chi connectivity index (χ3n) is 4.09. The topological polar surface area (TPSA) is 77.0 Å². The van der Waals surface area contributed by atoms with Crippen LogP contribution in [0, 0.1) is 5.92 Å². The molecule has 0 spiro atoms. The summed E-state index contributed by atoms with van der Waals surface area (Å²) < 4.78 is 2.06. The Hall–Kier alpha value is -1.43. The summed E-state index contributed by atoms with van der Waals surface area (Å²) in [7, 11) is 0. The number of piperidine rings is 1. The van der Waals surface area contributed by atoms with E-state index in [-0.39, 0.29) is 17.7 Å². The predicted octanol–water partition coefficient (Wildman–Crippen LogP) is 0.987. The Morgan fingerprint density at radius 2 is 2.30 bits per heavy atom. The van der Waals surface area contributed by atoms with Crippen molar-refractivity contribution in [2.45, 2.75) is 52.1 Å². The van der Waals surface area contributed by atoms with Gasteiger partial charge in [0, 0.05) is 25.6 Å². The summed E-state index contributed by atoms with van der Waals surface area (Å²) in [4.78, 5) is 14.3. The molecular weight excluding hydrogens is 254 g/mol. The average molecular weight is 279 g/mol. The van der Waals surface area contributed by atoms with Crippen LogP contribution in [0.2, 0.25) is 0 Å². The highest BCUT2D eigenvalue weighted by atomic mass is 16.2. The molecule has 1 aliphatic rings. The van der Waals surface area contributed by atoms with E-state index in [1.54, 1.807) is 6.33 Å². The maximum Gasteiger partial charge on any atom is 0.239 e. The van der Waals surface area contributed by atoms with Crippen LogP contribution in [-0.2, 0) is 11.3 Å². The lowest BCUT2D eigenvalue weighted by Gasteiger charge is -2.34. The van der Waals surface area contributed by atoms with E-state index in [1.807, 2.05) is 18.7 Å². The van der Waals surface area contributed by atoms with Crippen molar-refractivity contribution in [1.29, 1.82) is 0 Å². The Labute approximate surface area is 120 Å². The van der Waals surface area contributed by atoms with Crippen LogP contribution in [-0.4, -0.2) is 44.7 Å². The van der Waals surface area contributed by atoms with E-state index in [9.17, 15) is 4.79 Å². The van der Waals surface area contributed by atoms with Gasteiger partial charge < -0.3 is 15.2 Å². The number of hydrogen-bond acceptors (Lipinski definition) is 4. The van der Waals surface area contributed by atoms with Gasteiger partial charge in [0.15, 0.2) is 0 Å². The van der Waals surface area contributed by atoms with Gasteiger partial charge in [-0.15, -0.1) is 10.2 Å². The Balaban J connectivity index is 2.07. The van der Waals surface area contributed by atoms with E-state index in [4.69, 9.17) is 5.73 Å². The van der Waals surface area contributed by atoms with Crippen LogP contribution in [0.25, 0.3) is 0 Å². The van der Waals surface area contributed by atoms with Crippen molar-refractivity contribution < 1.29 is 4.79 Å². The summed E-state index contributed by atoms with van der Waals surface area (Å²) in [6.07, 6.45) is 3.81. The van der Waals surface area contributed by atoms with Gasteiger partial charge in [-0.05, 0) is 25.7 Å². The molecule has 2 heterocycles. The van der Waals surface area contributed by atoms with Gasteiger partial charge in [0.1, 0.15) is 12.2 Å². The molecule has 1 unspecified atom stereocenters. The molecule has 1 aliphatic heterocycles. The highest BCUT2D eigenvalue weighted by Crippen LogP contribution is 2.26. The number of carbonyl (C=O) groups excluding carboxylic acids is 1. The van der Waals surface area contributed by atoms with E-state index in [1.165, 1.54) is 0 Å². The predicted molar refractivity (Wildman–Crippen MR) is 77.1 cm³/mol. The van der Waals surface area contributed by atoms with E-state index < -0.39 is 6.04 Å². The lowest BCUT2D eigenvalue weighted by Crippen LogP contribution is -2.49. The van der Waals surface area contributed by atoms with Gasteiger partial charge in [0.25, 0.3) is 0 Å². The molecule has 0 bridgehead atoms. The average Bonchev–Trinajstić information content (AvgIpc) is 2.94. The molecule has 1 saturated heterocycles. The zero-order valence-corrected chi connectivity index (χ0v) is 12.6. The van der Waals surface area contributed by atoms with Crippen LogP contribution < -0.4 is 5.73 Å². The standard InChI is InChI=1S/C14H25N5O/c1-4-18-9-16-17-13(18)11-6-5-7-19(8-11)14(20)12(15)10(2)3/h9-12H,4-8,15H2,1-3H3/t11?,12-/m0/s1. The quantitative estimate of drug-likeness (QED) is 0.891. The van der Waals surface area contributed by atoms with Crippen LogP contribution in [0.15, 0.2) is 6.33 Å². The molecule has 0 radical (unpaired) electrons. The van der Waals surface area contributed by atoms with Crippen molar-refractivity contribution in [3.05, 3.63) is 12.2 Å². The smallest absolute Gasteiger partial charge is 0.239 e. The van der Waals surface area contributed by atoms with Crippen molar-refractivity contribution in [3.63, 3.8) is 0 Å². The summed E-state index contributed by atoms with van der Waals surface area (Å²) in [6, 6.07) is -0.405. The largest absolute Gasteiger partial charge is 0.341 e. The second kappa shape index (κ2) is 6.35. The van der Waals surface area contributed by atoms with Crippen molar-refractivity contribution in [2.24, 2.45) is 11.7 Å². The first-order valence-corrected chi connectivity index (χ1v) is 7.46. The Bertz CT molecular complexity index is 456. The zero-order valence-electron chi connectivity index (χ0n) is 12.6. The minimum absolute atomic E-state index is 0.0623. The molecule has 1 fully saturated rings. The van der Waals surface area contributed by atoms with Crippen LogP contribution in [0.4, 0.5) is 0 Å². The van der Waals surface area contributed by atoms with Gasteiger partial charge in [-0.1, -0.05) is 13.8 Å². The molecule has 2 rings (SSSR count). The number of nitrogens with zero attached hydrogens (tertiary/aromatic N) is 4. The number of likely N-dealkylation sites (tertiary alicyclic amines) is 1. The second-order valence-electron chi connectivity index (χ2n) is 5.87. The molecule has 112 valence electrons. The molecule has 2 atom stereocenters. The van der Waals surface area contributed by atoms with Gasteiger partial charge in [-0.25, -0.2) is 0 Å². The molecule has 6 nitrogen and oxygen atoms in total. The van der Waals surface area contributed by atoms with Gasteiger partial charge in [-0.2, -0.15) is 0 Å². The summed E-state index contributed by atoms with van der Waals surface area (Å²) in [5, 5.41) is 8.21. The lowest BCUT2D eigenvalue weighted by atomic mass is 9.95. The van der Waals surface area contributed by atoms with Gasteiger partial charge >= 0.3 is 0 Å². The molecule has 0 aliphatic carbocycles. The molecule has 2 N–H and O–H groups in total.